The first kappa shape index (κ1) is 11.5. The molecule has 1 aromatic heterocycles. The SMILES string of the molecule is COc1ccc(Cl)c(N2CCNC(C)C2)n1. The maximum atomic E-state index is 6.15. The quantitative estimate of drug-likeness (QED) is 0.853. The van der Waals surface area contributed by atoms with Gasteiger partial charge in [-0.1, -0.05) is 11.6 Å². The van der Waals surface area contributed by atoms with Crippen LogP contribution in [0.3, 0.4) is 0 Å². The maximum Gasteiger partial charge on any atom is 0.214 e. The van der Waals surface area contributed by atoms with Crippen LogP contribution in [0.15, 0.2) is 12.1 Å². The standard InChI is InChI=1S/C11H16ClN3O/c1-8-7-15(6-5-13-8)11-9(12)3-4-10(14-11)16-2/h3-4,8,13H,5-7H2,1-2H3. The van der Waals surface area contributed by atoms with E-state index in [2.05, 4.69) is 22.1 Å². The van der Waals surface area contributed by atoms with Crippen LogP contribution >= 0.6 is 11.6 Å². The van der Waals surface area contributed by atoms with Crippen LogP contribution in [-0.4, -0.2) is 37.8 Å². The van der Waals surface area contributed by atoms with Crippen LogP contribution < -0.4 is 15.0 Å². The summed E-state index contributed by atoms with van der Waals surface area (Å²) in [7, 11) is 1.61. The molecular weight excluding hydrogens is 226 g/mol. The highest BCUT2D eigenvalue weighted by Gasteiger charge is 2.19. The van der Waals surface area contributed by atoms with Crippen molar-refractivity contribution >= 4 is 17.4 Å². The highest BCUT2D eigenvalue weighted by atomic mass is 35.5. The molecule has 1 saturated heterocycles. The van der Waals surface area contributed by atoms with E-state index < -0.39 is 0 Å². The minimum absolute atomic E-state index is 0.456. The Labute approximate surface area is 101 Å². The van der Waals surface area contributed by atoms with Crippen molar-refractivity contribution in [3.05, 3.63) is 17.2 Å². The van der Waals surface area contributed by atoms with Gasteiger partial charge in [-0.25, -0.2) is 0 Å². The first-order chi connectivity index (χ1) is 7.70. The zero-order valence-electron chi connectivity index (χ0n) is 9.53. The summed E-state index contributed by atoms with van der Waals surface area (Å²) < 4.78 is 5.12. The van der Waals surface area contributed by atoms with Gasteiger partial charge in [0, 0.05) is 31.7 Å². The Morgan fingerprint density at radius 1 is 1.56 bits per heavy atom. The molecule has 4 nitrogen and oxygen atoms in total. The summed E-state index contributed by atoms with van der Waals surface area (Å²) >= 11 is 6.15. The first-order valence-electron chi connectivity index (χ1n) is 5.39. The minimum Gasteiger partial charge on any atom is -0.481 e. The van der Waals surface area contributed by atoms with E-state index in [-0.39, 0.29) is 0 Å². The number of nitrogens with zero attached hydrogens (tertiary/aromatic N) is 2. The molecule has 0 aromatic carbocycles. The second-order valence-electron chi connectivity index (χ2n) is 3.96. The Hall–Kier alpha value is -1.00. The van der Waals surface area contributed by atoms with Gasteiger partial charge >= 0.3 is 0 Å². The third-order valence-electron chi connectivity index (χ3n) is 2.68. The van der Waals surface area contributed by atoms with Gasteiger partial charge in [-0.05, 0) is 13.0 Å². The molecule has 1 N–H and O–H groups in total. The van der Waals surface area contributed by atoms with E-state index in [1.54, 1.807) is 13.2 Å². The van der Waals surface area contributed by atoms with E-state index in [1.165, 1.54) is 0 Å². The van der Waals surface area contributed by atoms with Crippen LogP contribution in [0.25, 0.3) is 0 Å². The van der Waals surface area contributed by atoms with Crippen LogP contribution in [0.4, 0.5) is 5.82 Å². The molecule has 1 fully saturated rings. The fourth-order valence-electron chi connectivity index (χ4n) is 1.87. The lowest BCUT2D eigenvalue weighted by Gasteiger charge is -2.33. The third-order valence-corrected chi connectivity index (χ3v) is 2.97. The van der Waals surface area contributed by atoms with Crippen molar-refractivity contribution in [2.24, 2.45) is 0 Å². The minimum atomic E-state index is 0.456. The van der Waals surface area contributed by atoms with Crippen LogP contribution in [0.2, 0.25) is 5.02 Å². The zero-order valence-corrected chi connectivity index (χ0v) is 10.3. The Kier molecular flexibility index (Phi) is 3.51. The van der Waals surface area contributed by atoms with Gasteiger partial charge in [0.15, 0.2) is 5.82 Å². The number of aromatic nitrogens is 1. The lowest BCUT2D eigenvalue weighted by molar-refractivity contribution is 0.396. The number of anilines is 1. The summed E-state index contributed by atoms with van der Waals surface area (Å²) in [5, 5.41) is 4.06. The molecular formula is C11H16ClN3O. The third kappa shape index (κ3) is 2.39. The summed E-state index contributed by atoms with van der Waals surface area (Å²) in [6.45, 7) is 4.95. The van der Waals surface area contributed by atoms with Gasteiger partial charge < -0.3 is 15.0 Å². The van der Waals surface area contributed by atoms with Gasteiger partial charge in [0.05, 0.1) is 12.1 Å². The van der Waals surface area contributed by atoms with Gasteiger partial charge in [-0.2, -0.15) is 4.98 Å². The van der Waals surface area contributed by atoms with E-state index in [1.807, 2.05) is 6.07 Å². The second-order valence-corrected chi connectivity index (χ2v) is 4.37. The Bertz CT molecular complexity index is 372. The molecule has 1 aliphatic rings. The molecule has 2 heterocycles. The molecule has 0 saturated carbocycles. The Morgan fingerprint density at radius 3 is 3.06 bits per heavy atom. The normalized spacial score (nSPS) is 20.9. The smallest absolute Gasteiger partial charge is 0.214 e. The van der Waals surface area contributed by atoms with Crippen LogP contribution in [0.5, 0.6) is 5.88 Å². The number of pyridine rings is 1. The van der Waals surface area contributed by atoms with E-state index in [4.69, 9.17) is 16.3 Å². The highest BCUT2D eigenvalue weighted by Crippen LogP contribution is 2.26. The molecule has 5 heteroatoms. The number of piperazine rings is 1. The Morgan fingerprint density at radius 2 is 2.38 bits per heavy atom. The van der Waals surface area contributed by atoms with Gasteiger partial charge in [-0.15, -0.1) is 0 Å². The van der Waals surface area contributed by atoms with Gasteiger partial charge in [0.2, 0.25) is 5.88 Å². The van der Waals surface area contributed by atoms with Crippen LogP contribution in [0, 0.1) is 0 Å². The molecule has 88 valence electrons. The van der Waals surface area contributed by atoms with Crippen LogP contribution in [-0.2, 0) is 0 Å². The van der Waals surface area contributed by atoms with Crippen molar-refractivity contribution in [2.75, 3.05) is 31.6 Å². The van der Waals surface area contributed by atoms with E-state index in [9.17, 15) is 0 Å². The number of nitrogens with one attached hydrogen (secondary N) is 1. The van der Waals surface area contributed by atoms with Crippen molar-refractivity contribution in [1.29, 1.82) is 0 Å². The van der Waals surface area contributed by atoms with Crippen LogP contribution in [0.1, 0.15) is 6.92 Å². The average Bonchev–Trinajstić information content (AvgIpc) is 2.30. The largest absolute Gasteiger partial charge is 0.481 e. The molecule has 0 bridgehead atoms. The predicted octanol–water partition coefficient (Wildman–Crippen LogP) is 1.54. The number of ether oxygens (including phenoxy) is 1. The highest BCUT2D eigenvalue weighted by molar-refractivity contribution is 6.33. The summed E-state index contributed by atoms with van der Waals surface area (Å²) in [4.78, 5) is 6.58. The van der Waals surface area contributed by atoms with E-state index in [0.717, 1.165) is 25.5 Å². The molecule has 1 atom stereocenters. The maximum absolute atomic E-state index is 6.15. The molecule has 16 heavy (non-hydrogen) atoms. The molecule has 0 radical (unpaired) electrons. The molecule has 0 spiro atoms. The molecule has 0 amide bonds. The van der Waals surface area contributed by atoms with Crippen molar-refractivity contribution in [3.63, 3.8) is 0 Å². The van der Waals surface area contributed by atoms with Gasteiger partial charge in [0.1, 0.15) is 0 Å². The van der Waals surface area contributed by atoms with E-state index >= 15 is 0 Å². The monoisotopic (exact) mass is 241 g/mol. The molecule has 1 unspecified atom stereocenters. The van der Waals surface area contributed by atoms with Crippen molar-refractivity contribution < 1.29 is 4.74 Å². The fraction of sp³-hybridized carbons (Fsp3) is 0.545. The average molecular weight is 242 g/mol. The lowest BCUT2D eigenvalue weighted by atomic mass is 10.2. The lowest BCUT2D eigenvalue weighted by Crippen LogP contribution is -2.49. The number of methoxy groups -OCH3 is 1. The fourth-order valence-corrected chi connectivity index (χ4v) is 2.10. The summed E-state index contributed by atoms with van der Waals surface area (Å²) in [5.74, 6) is 1.42. The zero-order chi connectivity index (χ0) is 11.5. The summed E-state index contributed by atoms with van der Waals surface area (Å²) in [5.41, 5.74) is 0. The van der Waals surface area contributed by atoms with Crippen molar-refractivity contribution in [1.82, 2.24) is 10.3 Å². The van der Waals surface area contributed by atoms with E-state index in [0.29, 0.717) is 16.9 Å². The molecule has 2 rings (SSSR count). The number of hydrogen-bond acceptors (Lipinski definition) is 4. The number of halogens is 1. The molecule has 1 aromatic rings. The number of hydrogen-bond donors (Lipinski definition) is 1. The molecule has 0 aliphatic carbocycles. The first-order valence-corrected chi connectivity index (χ1v) is 5.77. The Balaban J connectivity index is 2.24. The van der Waals surface area contributed by atoms with Crippen molar-refractivity contribution in [3.8, 4) is 5.88 Å². The topological polar surface area (TPSA) is 37.4 Å². The van der Waals surface area contributed by atoms with Gasteiger partial charge in [-0.3, -0.25) is 0 Å². The predicted molar refractivity (Wildman–Crippen MR) is 65.5 cm³/mol. The second kappa shape index (κ2) is 4.89. The van der Waals surface area contributed by atoms with Gasteiger partial charge in [0.25, 0.3) is 0 Å². The van der Waals surface area contributed by atoms with Crippen molar-refractivity contribution in [2.45, 2.75) is 13.0 Å². The molecule has 1 aliphatic heterocycles. The summed E-state index contributed by atoms with van der Waals surface area (Å²) in [6, 6.07) is 4.06. The number of rotatable bonds is 2. The summed E-state index contributed by atoms with van der Waals surface area (Å²) in [6.07, 6.45) is 0.